The Morgan fingerprint density at radius 1 is 1.03 bits per heavy atom. The standard InChI is InChI=1S/C24H31N3O4S/c1-5-19-8-10-20(11-9-19)26-24(29)23(28)25-15-21-7-6-12-27(21)32(30,31)22-17(3)13-16(2)14-18(22)4/h8-11,13-14,21H,5-7,12,15H2,1-4H3,(H,25,28)(H,26,29). The molecule has 7 nitrogen and oxygen atoms in total. The van der Waals surface area contributed by atoms with Gasteiger partial charge in [-0.25, -0.2) is 8.42 Å². The Bertz CT molecular complexity index is 1090. The summed E-state index contributed by atoms with van der Waals surface area (Å²) >= 11 is 0. The highest BCUT2D eigenvalue weighted by molar-refractivity contribution is 7.89. The van der Waals surface area contributed by atoms with Crippen molar-refractivity contribution in [2.24, 2.45) is 0 Å². The molecule has 1 saturated heterocycles. The highest BCUT2D eigenvalue weighted by Gasteiger charge is 2.37. The third-order valence-corrected chi connectivity index (χ3v) is 8.08. The summed E-state index contributed by atoms with van der Waals surface area (Å²) in [6.45, 7) is 8.06. The van der Waals surface area contributed by atoms with E-state index in [4.69, 9.17) is 0 Å². The molecule has 3 rings (SSSR count). The molecule has 1 aliphatic rings. The first kappa shape index (κ1) is 23.9. The fraction of sp³-hybridized carbons (Fsp3) is 0.417. The quantitative estimate of drug-likeness (QED) is 0.652. The van der Waals surface area contributed by atoms with Crippen molar-refractivity contribution in [2.75, 3.05) is 18.4 Å². The molecule has 1 atom stereocenters. The van der Waals surface area contributed by atoms with E-state index in [0.29, 0.717) is 41.1 Å². The molecule has 0 spiro atoms. The van der Waals surface area contributed by atoms with Crippen LogP contribution >= 0.6 is 0 Å². The van der Waals surface area contributed by atoms with Crippen LogP contribution in [-0.4, -0.2) is 43.7 Å². The molecule has 2 aromatic carbocycles. The van der Waals surface area contributed by atoms with Crippen LogP contribution in [0.4, 0.5) is 5.69 Å². The summed E-state index contributed by atoms with van der Waals surface area (Å²) in [6, 6.07) is 10.6. The normalized spacial score (nSPS) is 16.7. The van der Waals surface area contributed by atoms with Crippen LogP contribution in [0.3, 0.4) is 0 Å². The Kier molecular flexibility index (Phi) is 7.36. The van der Waals surface area contributed by atoms with E-state index in [1.807, 2.05) is 38.1 Å². The minimum absolute atomic E-state index is 0.0875. The number of carbonyl (C=O) groups excluding carboxylic acids is 2. The number of sulfonamides is 1. The molecular formula is C24H31N3O4S. The summed E-state index contributed by atoms with van der Waals surface area (Å²) in [5.74, 6) is -1.55. The van der Waals surface area contributed by atoms with Crippen molar-refractivity contribution in [3.05, 3.63) is 58.7 Å². The van der Waals surface area contributed by atoms with E-state index >= 15 is 0 Å². The van der Waals surface area contributed by atoms with Crippen molar-refractivity contribution >= 4 is 27.5 Å². The predicted octanol–water partition coefficient (Wildman–Crippen LogP) is 3.08. The molecule has 2 aromatic rings. The van der Waals surface area contributed by atoms with Gasteiger partial charge in [0.1, 0.15) is 0 Å². The Hall–Kier alpha value is -2.71. The molecule has 0 saturated carbocycles. The van der Waals surface area contributed by atoms with E-state index in [1.165, 1.54) is 4.31 Å². The minimum Gasteiger partial charge on any atom is -0.346 e. The molecule has 32 heavy (non-hydrogen) atoms. The maximum Gasteiger partial charge on any atom is 0.313 e. The van der Waals surface area contributed by atoms with Crippen molar-refractivity contribution in [3.8, 4) is 0 Å². The first-order chi connectivity index (χ1) is 15.1. The van der Waals surface area contributed by atoms with Crippen LogP contribution in [0.25, 0.3) is 0 Å². The molecule has 1 heterocycles. The average Bonchev–Trinajstić information content (AvgIpc) is 3.21. The van der Waals surface area contributed by atoms with E-state index in [2.05, 4.69) is 10.6 Å². The largest absolute Gasteiger partial charge is 0.346 e. The average molecular weight is 458 g/mol. The van der Waals surface area contributed by atoms with Crippen LogP contribution in [0.2, 0.25) is 0 Å². The van der Waals surface area contributed by atoms with Gasteiger partial charge in [-0.2, -0.15) is 4.31 Å². The summed E-state index contributed by atoms with van der Waals surface area (Å²) in [5, 5.41) is 5.18. The molecule has 2 N–H and O–H groups in total. The lowest BCUT2D eigenvalue weighted by Gasteiger charge is -2.26. The van der Waals surface area contributed by atoms with E-state index in [9.17, 15) is 18.0 Å². The number of anilines is 1. The molecule has 0 aromatic heterocycles. The SMILES string of the molecule is CCc1ccc(NC(=O)C(=O)NCC2CCCN2S(=O)(=O)c2c(C)cc(C)cc2C)cc1. The van der Waals surface area contributed by atoms with Crippen LogP contribution in [-0.2, 0) is 26.0 Å². The number of nitrogens with zero attached hydrogens (tertiary/aromatic N) is 1. The summed E-state index contributed by atoms with van der Waals surface area (Å²) in [6.07, 6.45) is 2.22. The number of benzene rings is 2. The van der Waals surface area contributed by atoms with Crippen molar-refractivity contribution in [1.82, 2.24) is 9.62 Å². The van der Waals surface area contributed by atoms with Gasteiger partial charge in [0.15, 0.2) is 0 Å². The molecular weight excluding hydrogens is 426 g/mol. The summed E-state index contributed by atoms with van der Waals surface area (Å²) < 4.78 is 28.3. The van der Waals surface area contributed by atoms with Crippen molar-refractivity contribution in [3.63, 3.8) is 0 Å². The van der Waals surface area contributed by atoms with E-state index < -0.39 is 21.8 Å². The van der Waals surface area contributed by atoms with Crippen LogP contribution in [0.1, 0.15) is 42.0 Å². The van der Waals surface area contributed by atoms with Gasteiger partial charge < -0.3 is 10.6 Å². The lowest BCUT2D eigenvalue weighted by atomic mass is 10.1. The molecule has 1 aliphatic heterocycles. The predicted molar refractivity (Wildman–Crippen MR) is 125 cm³/mol. The molecule has 2 amide bonds. The third-order valence-electron chi connectivity index (χ3n) is 5.82. The number of carbonyl (C=O) groups is 2. The molecule has 0 radical (unpaired) electrons. The van der Waals surface area contributed by atoms with Crippen molar-refractivity contribution in [2.45, 2.75) is 57.9 Å². The fourth-order valence-electron chi connectivity index (χ4n) is 4.32. The van der Waals surface area contributed by atoms with Gasteiger partial charge in [0.2, 0.25) is 10.0 Å². The molecule has 1 fully saturated rings. The maximum absolute atomic E-state index is 13.4. The van der Waals surface area contributed by atoms with Crippen molar-refractivity contribution < 1.29 is 18.0 Å². The van der Waals surface area contributed by atoms with E-state index in [-0.39, 0.29) is 12.6 Å². The molecule has 1 unspecified atom stereocenters. The van der Waals surface area contributed by atoms with Gasteiger partial charge >= 0.3 is 11.8 Å². The van der Waals surface area contributed by atoms with Gasteiger partial charge in [-0.05, 0) is 68.9 Å². The number of nitrogens with one attached hydrogen (secondary N) is 2. The summed E-state index contributed by atoms with van der Waals surface area (Å²) in [5.41, 5.74) is 4.11. The smallest absolute Gasteiger partial charge is 0.313 e. The zero-order chi connectivity index (χ0) is 23.5. The van der Waals surface area contributed by atoms with Gasteiger partial charge in [0.05, 0.1) is 4.90 Å². The molecule has 8 heteroatoms. The first-order valence-electron chi connectivity index (χ1n) is 10.9. The Balaban J connectivity index is 1.65. The highest BCUT2D eigenvalue weighted by Crippen LogP contribution is 2.30. The lowest BCUT2D eigenvalue weighted by Crippen LogP contribution is -2.45. The maximum atomic E-state index is 13.4. The molecule has 0 aliphatic carbocycles. The van der Waals surface area contributed by atoms with Gasteiger partial charge in [-0.1, -0.05) is 36.8 Å². The second-order valence-corrected chi connectivity index (χ2v) is 10.2. The van der Waals surface area contributed by atoms with Crippen LogP contribution in [0.15, 0.2) is 41.3 Å². The summed E-state index contributed by atoms with van der Waals surface area (Å²) in [7, 11) is -3.71. The second-order valence-electron chi connectivity index (χ2n) is 8.35. The Labute approximate surface area is 190 Å². The van der Waals surface area contributed by atoms with Crippen LogP contribution in [0, 0.1) is 20.8 Å². The van der Waals surface area contributed by atoms with Crippen LogP contribution in [0.5, 0.6) is 0 Å². The Morgan fingerprint density at radius 2 is 1.66 bits per heavy atom. The highest BCUT2D eigenvalue weighted by atomic mass is 32.2. The zero-order valence-electron chi connectivity index (χ0n) is 19.1. The number of amides is 2. The fourth-order valence-corrected chi connectivity index (χ4v) is 6.43. The number of aryl methyl sites for hydroxylation is 4. The van der Waals surface area contributed by atoms with Crippen molar-refractivity contribution in [1.29, 1.82) is 0 Å². The monoisotopic (exact) mass is 457 g/mol. The van der Waals surface area contributed by atoms with Crippen LogP contribution < -0.4 is 10.6 Å². The van der Waals surface area contributed by atoms with Gasteiger partial charge in [0.25, 0.3) is 0 Å². The Morgan fingerprint density at radius 3 is 2.25 bits per heavy atom. The topological polar surface area (TPSA) is 95.6 Å². The second kappa shape index (κ2) is 9.83. The molecule has 172 valence electrons. The van der Waals surface area contributed by atoms with E-state index in [0.717, 1.165) is 17.5 Å². The number of hydrogen-bond acceptors (Lipinski definition) is 4. The first-order valence-corrected chi connectivity index (χ1v) is 12.3. The number of rotatable bonds is 6. The number of hydrogen-bond donors (Lipinski definition) is 2. The lowest BCUT2D eigenvalue weighted by molar-refractivity contribution is -0.136. The van der Waals surface area contributed by atoms with Gasteiger partial charge in [-0.15, -0.1) is 0 Å². The minimum atomic E-state index is -3.71. The van der Waals surface area contributed by atoms with E-state index in [1.54, 1.807) is 26.0 Å². The van der Waals surface area contributed by atoms with Gasteiger partial charge in [0, 0.05) is 24.8 Å². The zero-order valence-corrected chi connectivity index (χ0v) is 19.9. The molecule has 0 bridgehead atoms. The summed E-state index contributed by atoms with van der Waals surface area (Å²) in [4.78, 5) is 24.9. The third kappa shape index (κ3) is 5.19. The van der Waals surface area contributed by atoms with Gasteiger partial charge in [-0.3, -0.25) is 9.59 Å².